The number of aryl methyl sites for hydroxylation is 1. The fourth-order valence-corrected chi connectivity index (χ4v) is 3.81. The van der Waals surface area contributed by atoms with E-state index in [0.717, 1.165) is 18.5 Å². The Balaban J connectivity index is 1.82. The van der Waals surface area contributed by atoms with E-state index in [2.05, 4.69) is 0 Å². The van der Waals surface area contributed by atoms with Gasteiger partial charge < -0.3 is 14.5 Å². The van der Waals surface area contributed by atoms with Gasteiger partial charge in [0.25, 0.3) is 0 Å². The molecule has 0 spiro atoms. The first kappa shape index (κ1) is 16.5. The fraction of sp³-hybridized carbons (Fsp3) is 0.333. The normalized spacial score (nSPS) is 14.1. The summed E-state index contributed by atoms with van der Waals surface area (Å²) in [5.41, 5.74) is 1.57. The number of methoxy groups -OCH3 is 1. The molecule has 1 aliphatic rings. The minimum Gasteiger partial charge on any atom is -0.495 e. The molecule has 0 bridgehead atoms. The molecule has 6 heteroatoms. The zero-order valence-electron chi connectivity index (χ0n) is 13.8. The van der Waals surface area contributed by atoms with E-state index in [4.69, 9.17) is 4.74 Å². The maximum atomic E-state index is 12.7. The molecule has 0 aliphatic carbocycles. The molecule has 0 N–H and O–H groups in total. The number of para-hydroxylation sites is 2. The highest BCUT2D eigenvalue weighted by atomic mass is 32.1. The second kappa shape index (κ2) is 7.05. The smallest absolute Gasteiger partial charge is 0.246 e. The number of fused-ring (bicyclic) bond motifs is 1. The number of amides is 2. The average molecular weight is 344 g/mol. The molecule has 2 amide bonds. The van der Waals surface area contributed by atoms with Crippen LogP contribution in [-0.2, 0) is 16.0 Å². The Morgan fingerprint density at radius 2 is 2.08 bits per heavy atom. The van der Waals surface area contributed by atoms with E-state index in [1.807, 2.05) is 35.7 Å². The summed E-state index contributed by atoms with van der Waals surface area (Å²) >= 11 is 1.64. The molecule has 0 saturated heterocycles. The van der Waals surface area contributed by atoms with E-state index in [-0.39, 0.29) is 18.4 Å². The molecule has 0 atom stereocenters. The predicted molar refractivity (Wildman–Crippen MR) is 96.0 cm³/mol. The van der Waals surface area contributed by atoms with Gasteiger partial charge in [-0.25, -0.2) is 0 Å². The van der Waals surface area contributed by atoms with Gasteiger partial charge in [-0.05, 0) is 36.4 Å². The Bertz CT molecular complexity index is 756. The van der Waals surface area contributed by atoms with Gasteiger partial charge >= 0.3 is 0 Å². The van der Waals surface area contributed by atoms with E-state index in [1.165, 1.54) is 4.88 Å². The number of carbonyl (C=O) groups excluding carboxylic acids is 2. The lowest BCUT2D eigenvalue weighted by Crippen LogP contribution is -2.41. The minimum atomic E-state index is -0.146. The van der Waals surface area contributed by atoms with Crippen LogP contribution in [0.5, 0.6) is 5.75 Å². The third-order valence-electron chi connectivity index (χ3n) is 4.22. The lowest BCUT2D eigenvalue weighted by molar-refractivity contribution is -0.122. The summed E-state index contributed by atoms with van der Waals surface area (Å²) in [6.07, 6.45) is 2.21. The number of hydrogen-bond donors (Lipinski definition) is 0. The van der Waals surface area contributed by atoms with Crippen molar-refractivity contribution in [2.75, 3.05) is 30.5 Å². The maximum Gasteiger partial charge on any atom is 0.246 e. The van der Waals surface area contributed by atoms with Gasteiger partial charge in [0.2, 0.25) is 11.8 Å². The molecule has 5 nitrogen and oxygen atoms in total. The predicted octanol–water partition coefficient (Wildman–Crippen LogP) is 3.09. The van der Waals surface area contributed by atoms with E-state index in [0.29, 0.717) is 17.9 Å². The number of thiophene rings is 1. The number of carbonyl (C=O) groups is 2. The highest BCUT2D eigenvalue weighted by Crippen LogP contribution is 2.32. The van der Waals surface area contributed by atoms with Crippen molar-refractivity contribution in [3.63, 3.8) is 0 Å². The highest BCUT2D eigenvalue weighted by Gasteiger charge is 2.27. The molecule has 1 aromatic carbocycles. The molecule has 0 radical (unpaired) electrons. The second-order valence-corrected chi connectivity index (χ2v) is 6.69. The van der Waals surface area contributed by atoms with Crippen LogP contribution in [0.3, 0.4) is 0 Å². The number of benzene rings is 1. The summed E-state index contributed by atoms with van der Waals surface area (Å²) in [4.78, 5) is 29.5. The van der Waals surface area contributed by atoms with Crippen molar-refractivity contribution in [1.82, 2.24) is 0 Å². The number of anilines is 2. The number of ether oxygens (including phenoxy) is 1. The zero-order chi connectivity index (χ0) is 17.1. The van der Waals surface area contributed by atoms with Gasteiger partial charge in [0.05, 0.1) is 18.5 Å². The SMILES string of the molecule is COc1ccccc1N(C)C(=O)CN1C(=O)CCCc2sccc21. The molecule has 0 unspecified atom stereocenters. The Labute approximate surface area is 145 Å². The number of nitrogens with zero attached hydrogens (tertiary/aromatic N) is 2. The lowest BCUT2D eigenvalue weighted by Gasteiger charge is -2.25. The highest BCUT2D eigenvalue weighted by molar-refractivity contribution is 7.10. The van der Waals surface area contributed by atoms with Gasteiger partial charge in [0.1, 0.15) is 12.3 Å². The van der Waals surface area contributed by atoms with Crippen LogP contribution in [-0.4, -0.2) is 32.5 Å². The van der Waals surface area contributed by atoms with Crippen LogP contribution in [0.1, 0.15) is 17.7 Å². The standard InChI is InChI=1S/C18H20N2O3S/c1-19(13-6-3-4-7-15(13)23-2)18(22)12-20-14-10-11-24-16(14)8-5-9-17(20)21/h3-4,6-7,10-11H,5,8-9,12H2,1-2H3. The van der Waals surface area contributed by atoms with Crippen molar-refractivity contribution < 1.29 is 14.3 Å². The van der Waals surface area contributed by atoms with Crippen molar-refractivity contribution in [2.24, 2.45) is 0 Å². The first-order valence-electron chi connectivity index (χ1n) is 7.88. The van der Waals surface area contributed by atoms with Crippen molar-refractivity contribution in [3.8, 4) is 5.75 Å². The molecular formula is C18H20N2O3S. The first-order chi connectivity index (χ1) is 11.6. The number of hydrogen-bond acceptors (Lipinski definition) is 4. The molecule has 2 heterocycles. The largest absolute Gasteiger partial charge is 0.495 e. The van der Waals surface area contributed by atoms with Crippen molar-refractivity contribution in [1.29, 1.82) is 0 Å². The number of rotatable bonds is 4. The van der Waals surface area contributed by atoms with Crippen LogP contribution < -0.4 is 14.5 Å². The Morgan fingerprint density at radius 3 is 2.88 bits per heavy atom. The summed E-state index contributed by atoms with van der Waals surface area (Å²) in [6, 6.07) is 9.29. The van der Waals surface area contributed by atoms with Crippen LogP contribution in [0.2, 0.25) is 0 Å². The quantitative estimate of drug-likeness (QED) is 0.856. The van der Waals surface area contributed by atoms with Crippen molar-refractivity contribution in [3.05, 3.63) is 40.6 Å². The zero-order valence-corrected chi connectivity index (χ0v) is 14.6. The third kappa shape index (κ3) is 3.14. The van der Waals surface area contributed by atoms with Gasteiger partial charge in [-0.15, -0.1) is 11.3 Å². The van der Waals surface area contributed by atoms with Crippen LogP contribution in [0.4, 0.5) is 11.4 Å². The van der Waals surface area contributed by atoms with Crippen molar-refractivity contribution in [2.45, 2.75) is 19.3 Å². The molecular weight excluding hydrogens is 324 g/mol. The van der Waals surface area contributed by atoms with Gasteiger partial charge in [0, 0.05) is 18.3 Å². The molecule has 0 saturated carbocycles. The second-order valence-electron chi connectivity index (χ2n) is 5.69. The average Bonchev–Trinajstić information content (AvgIpc) is 3.01. The lowest BCUT2D eigenvalue weighted by atomic mass is 10.2. The third-order valence-corrected chi connectivity index (χ3v) is 5.19. The monoisotopic (exact) mass is 344 g/mol. The summed E-state index contributed by atoms with van der Waals surface area (Å²) < 4.78 is 5.32. The maximum absolute atomic E-state index is 12.7. The molecule has 24 heavy (non-hydrogen) atoms. The topological polar surface area (TPSA) is 49.9 Å². The minimum absolute atomic E-state index is 0.00827. The van der Waals surface area contributed by atoms with Crippen LogP contribution in [0.25, 0.3) is 0 Å². The van der Waals surface area contributed by atoms with Crippen LogP contribution in [0.15, 0.2) is 35.7 Å². The summed E-state index contributed by atoms with van der Waals surface area (Å²) in [7, 11) is 3.28. The molecule has 2 aromatic rings. The summed E-state index contributed by atoms with van der Waals surface area (Å²) in [5.74, 6) is 0.493. The van der Waals surface area contributed by atoms with E-state index in [1.54, 1.807) is 35.3 Å². The molecule has 0 fully saturated rings. The van der Waals surface area contributed by atoms with Gasteiger partial charge in [-0.3, -0.25) is 9.59 Å². The van der Waals surface area contributed by atoms with Crippen molar-refractivity contribution >= 4 is 34.5 Å². The molecule has 1 aliphatic heterocycles. The summed E-state index contributed by atoms with van der Waals surface area (Å²) in [6.45, 7) is 0.0388. The van der Waals surface area contributed by atoms with E-state index < -0.39 is 0 Å². The Kier molecular flexibility index (Phi) is 4.85. The van der Waals surface area contributed by atoms with Crippen LogP contribution in [0, 0.1) is 0 Å². The Morgan fingerprint density at radius 1 is 1.29 bits per heavy atom. The molecule has 126 valence electrons. The first-order valence-corrected chi connectivity index (χ1v) is 8.76. The van der Waals surface area contributed by atoms with Gasteiger partial charge in [0.15, 0.2) is 0 Å². The molecule has 1 aromatic heterocycles. The fourth-order valence-electron chi connectivity index (χ4n) is 2.89. The van der Waals surface area contributed by atoms with E-state index in [9.17, 15) is 9.59 Å². The molecule has 3 rings (SSSR count). The Hall–Kier alpha value is -2.34. The number of likely N-dealkylation sites (N-methyl/N-ethyl adjacent to an activating group) is 1. The van der Waals surface area contributed by atoms with Gasteiger partial charge in [-0.2, -0.15) is 0 Å². The van der Waals surface area contributed by atoms with E-state index >= 15 is 0 Å². The van der Waals surface area contributed by atoms with Gasteiger partial charge in [-0.1, -0.05) is 12.1 Å². The van der Waals surface area contributed by atoms with Crippen LogP contribution >= 0.6 is 11.3 Å². The summed E-state index contributed by atoms with van der Waals surface area (Å²) in [5, 5.41) is 1.98.